The van der Waals surface area contributed by atoms with Gasteiger partial charge in [0.25, 0.3) is 0 Å². The van der Waals surface area contributed by atoms with Crippen LogP contribution < -0.4 is 4.90 Å². The van der Waals surface area contributed by atoms with Crippen LogP contribution in [-0.2, 0) is 13.1 Å². The van der Waals surface area contributed by atoms with E-state index in [4.69, 9.17) is 4.98 Å². The van der Waals surface area contributed by atoms with Gasteiger partial charge in [0.2, 0.25) is 0 Å². The molecule has 0 unspecified atom stereocenters. The molecule has 1 spiro atoms. The van der Waals surface area contributed by atoms with E-state index in [0.29, 0.717) is 5.54 Å². The molecule has 0 amide bonds. The Morgan fingerprint density at radius 1 is 1.00 bits per heavy atom. The van der Waals surface area contributed by atoms with Crippen LogP contribution in [0.5, 0.6) is 0 Å². The van der Waals surface area contributed by atoms with E-state index in [0.717, 1.165) is 43.0 Å². The lowest BCUT2D eigenvalue weighted by Gasteiger charge is -2.45. The van der Waals surface area contributed by atoms with Crippen molar-refractivity contribution in [3.05, 3.63) is 48.4 Å². The Kier molecular flexibility index (Phi) is 4.51. The molecule has 1 aromatic carbocycles. The van der Waals surface area contributed by atoms with Gasteiger partial charge in [0.1, 0.15) is 5.82 Å². The number of likely N-dealkylation sites (tertiary alicyclic amines) is 1. The van der Waals surface area contributed by atoms with E-state index in [9.17, 15) is 0 Å². The van der Waals surface area contributed by atoms with Crippen LogP contribution in [0.3, 0.4) is 0 Å². The second-order valence-electron chi connectivity index (χ2n) is 8.16. The van der Waals surface area contributed by atoms with E-state index in [-0.39, 0.29) is 0 Å². The van der Waals surface area contributed by atoms with Gasteiger partial charge in [-0.3, -0.25) is 14.6 Å². The number of fused-ring (bicyclic) bond motifs is 1. The van der Waals surface area contributed by atoms with Crippen molar-refractivity contribution in [1.82, 2.24) is 24.6 Å². The molecule has 6 nitrogen and oxygen atoms in total. The zero-order chi connectivity index (χ0) is 19.0. The maximum atomic E-state index is 4.85. The normalized spacial score (nSPS) is 19.7. The van der Waals surface area contributed by atoms with Crippen LogP contribution in [0.2, 0.25) is 0 Å². The van der Waals surface area contributed by atoms with Crippen LogP contribution in [0.4, 0.5) is 5.82 Å². The number of nitrogens with zero attached hydrogens (tertiary/aromatic N) is 6. The highest BCUT2D eigenvalue weighted by Crippen LogP contribution is 2.40. The zero-order valence-corrected chi connectivity index (χ0v) is 16.6. The van der Waals surface area contributed by atoms with Gasteiger partial charge in [0.15, 0.2) is 0 Å². The second-order valence-corrected chi connectivity index (χ2v) is 8.16. The predicted molar refractivity (Wildman–Crippen MR) is 111 cm³/mol. The maximum Gasteiger partial charge on any atom is 0.147 e. The van der Waals surface area contributed by atoms with E-state index in [2.05, 4.69) is 33.0 Å². The molecule has 2 aliphatic rings. The van der Waals surface area contributed by atoms with E-state index < -0.39 is 0 Å². The van der Waals surface area contributed by atoms with Gasteiger partial charge in [-0.1, -0.05) is 12.1 Å². The number of aromatic nitrogens is 4. The number of benzene rings is 1. The van der Waals surface area contributed by atoms with Crippen LogP contribution in [0, 0.1) is 0 Å². The molecule has 4 heterocycles. The number of anilines is 1. The molecule has 2 saturated heterocycles. The van der Waals surface area contributed by atoms with Gasteiger partial charge in [0, 0.05) is 43.5 Å². The Morgan fingerprint density at radius 2 is 1.82 bits per heavy atom. The summed E-state index contributed by atoms with van der Waals surface area (Å²) in [7, 11) is 0. The molecule has 2 fully saturated rings. The lowest BCUT2D eigenvalue weighted by Crippen LogP contribution is -2.52. The predicted octanol–water partition coefficient (Wildman–Crippen LogP) is 3.48. The first kappa shape index (κ1) is 17.6. The first-order valence-electron chi connectivity index (χ1n) is 10.5. The lowest BCUT2D eigenvalue weighted by molar-refractivity contribution is 0.0996. The van der Waals surface area contributed by atoms with Crippen molar-refractivity contribution in [2.75, 3.05) is 24.5 Å². The van der Waals surface area contributed by atoms with Crippen LogP contribution in [0.15, 0.2) is 42.9 Å². The summed E-state index contributed by atoms with van der Waals surface area (Å²) in [6.07, 6.45) is 11.2. The number of rotatable bonds is 4. The van der Waals surface area contributed by atoms with Crippen molar-refractivity contribution in [2.24, 2.45) is 0 Å². The van der Waals surface area contributed by atoms with Crippen molar-refractivity contribution in [1.29, 1.82) is 0 Å². The summed E-state index contributed by atoms with van der Waals surface area (Å²) < 4.78 is 2.03. The Labute approximate surface area is 166 Å². The molecule has 28 heavy (non-hydrogen) atoms. The summed E-state index contributed by atoms with van der Waals surface area (Å²) in [4.78, 5) is 14.6. The summed E-state index contributed by atoms with van der Waals surface area (Å²) in [5.41, 5.74) is 3.63. The summed E-state index contributed by atoms with van der Waals surface area (Å²) in [6.45, 7) is 7.41. The van der Waals surface area contributed by atoms with Gasteiger partial charge in [0.05, 0.1) is 23.4 Å². The molecular weight excluding hydrogens is 348 g/mol. The number of piperidine rings is 1. The highest BCUT2D eigenvalue weighted by atomic mass is 15.3. The fraction of sp³-hybridized carbons (Fsp3) is 0.500. The molecule has 6 heteroatoms. The van der Waals surface area contributed by atoms with E-state index in [1.165, 1.54) is 37.8 Å². The number of hydrogen-bond acceptors (Lipinski definition) is 5. The van der Waals surface area contributed by atoms with E-state index in [1.54, 1.807) is 0 Å². The fourth-order valence-corrected chi connectivity index (χ4v) is 4.94. The maximum absolute atomic E-state index is 4.85. The molecule has 2 aliphatic heterocycles. The van der Waals surface area contributed by atoms with Crippen molar-refractivity contribution in [3.63, 3.8) is 0 Å². The van der Waals surface area contributed by atoms with Crippen molar-refractivity contribution < 1.29 is 0 Å². The molecule has 0 atom stereocenters. The van der Waals surface area contributed by atoms with Gasteiger partial charge >= 0.3 is 0 Å². The monoisotopic (exact) mass is 376 g/mol. The summed E-state index contributed by atoms with van der Waals surface area (Å²) >= 11 is 0. The molecular formula is C22H28N6. The minimum Gasteiger partial charge on any atom is -0.355 e. The zero-order valence-electron chi connectivity index (χ0n) is 16.6. The molecule has 0 saturated carbocycles. The van der Waals surface area contributed by atoms with Crippen LogP contribution in [0.25, 0.3) is 11.0 Å². The number of para-hydroxylation sites is 2. The first-order valence-corrected chi connectivity index (χ1v) is 10.5. The largest absolute Gasteiger partial charge is 0.355 e. The fourth-order valence-electron chi connectivity index (χ4n) is 4.94. The topological polar surface area (TPSA) is 50.1 Å². The standard InChI is InChI=1S/C22H28N6/c1-2-28-17-18(14-24-28)16-27-11-5-8-22(27)9-12-26(13-10-22)21-15-23-19-6-3-4-7-20(19)25-21/h3-4,6-7,14-15,17H,2,5,8-13,16H2,1H3. The third kappa shape index (κ3) is 3.15. The minimum absolute atomic E-state index is 0.342. The van der Waals surface area contributed by atoms with Gasteiger partial charge in [-0.15, -0.1) is 0 Å². The third-order valence-corrected chi connectivity index (χ3v) is 6.58. The average molecular weight is 377 g/mol. The van der Waals surface area contributed by atoms with E-state index in [1.807, 2.05) is 41.3 Å². The third-order valence-electron chi connectivity index (χ3n) is 6.58. The molecule has 0 bridgehead atoms. The molecule has 5 rings (SSSR count). The van der Waals surface area contributed by atoms with Crippen LogP contribution in [0.1, 0.15) is 38.2 Å². The van der Waals surface area contributed by atoms with Crippen molar-refractivity contribution in [2.45, 2.75) is 51.2 Å². The van der Waals surface area contributed by atoms with E-state index >= 15 is 0 Å². The Bertz CT molecular complexity index is 956. The van der Waals surface area contributed by atoms with Crippen LogP contribution >= 0.6 is 0 Å². The van der Waals surface area contributed by atoms with Gasteiger partial charge < -0.3 is 4.90 Å². The quantitative estimate of drug-likeness (QED) is 0.698. The van der Waals surface area contributed by atoms with Crippen molar-refractivity contribution in [3.8, 4) is 0 Å². The molecule has 2 aromatic heterocycles. The summed E-state index contributed by atoms with van der Waals surface area (Å²) in [6, 6.07) is 8.12. The average Bonchev–Trinajstić information content (AvgIpc) is 3.36. The number of hydrogen-bond donors (Lipinski definition) is 0. The molecule has 0 N–H and O–H groups in total. The minimum atomic E-state index is 0.342. The second kappa shape index (κ2) is 7.17. The molecule has 0 aliphatic carbocycles. The van der Waals surface area contributed by atoms with Gasteiger partial charge in [-0.2, -0.15) is 5.10 Å². The molecule has 3 aromatic rings. The summed E-state index contributed by atoms with van der Waals surface area (Å²) in [5, 5.41) is 4.45. The SMILES string of the molecule is CCn1cc(CN2CCCC23CCN(c2cnc4ccccc4n2)CC3)cn1. The van der Waals surface area contributed by atoms with Crippen LogP contribution in [-0.4, -0.2) is 49.8 Å². The molecule has 0 radical (unpaired) electrons. The Hall–Kier alpha value is -2.47. The van der Waals surface area contributed by atoms with Gasteiger partial charge in [-0.25, -0.2) is 4.98 Å². The lowest BCUT2D eigenvalue weighted by atomic mass is 9.84. The number of aryl methyl sites for hydroxylation is 1. The highest BCUT2D eigenvalue weighted by molar-refractivity contribution is 5.75. The first-order chi connectivity index (χ1) is 13.8. The Balaban J connectivity index is 1.29. The Morgan fingerprint density at radius 3 is 2.61 bits per heavy atom. The molecule has 146 valence electrons. The van der Waals surface area contributed by atoms with Gasteiger partial charge in [-0.05, 0) is 51.3 Å². The summed E-state index contributed by atoms with van der Waals surface area (Å²) in [5.74, 6) is 1.02. The smallest absolute Gasteiger partial charge is 0.147 e. The van der Waals surface area contributed by atoms with Crippen molar-refractivity contribution >= 4 is 16.9 Å². The highest BCUT2D eigenvalue weighted by Gasteiger charge is 2.43.